The van der Waals surface area contributed by atoms with E-state index in [1.54, 1.807) is 6.20 Å². The van der Waals surface area contributed by atoms with Crippen molar-refractivity contribution in [2.45, 2.75) is 58.5 Å². The normalized spacial score (nSPS) is 11.0. The predicted molar refractivity (Wildman–Crippen MR) is 566 cm³/mol. The van der Waals surface area contributed by atoms with E-state index in [0.29, 0.717) is 20.0 Å². The molecule has 744 valence electrons. The van der Waals surface area contributed by atoms with Gasteiger partial charge in [0.2, 0.25) is 0 Å². The molecule has 0 amide bonds. The zero-order valence-corrected chi connectivity index (χ0v) is 92.5. The Morgan fingerprint density at radius 2 is 0.389 bits per heavy atom. The fraction of sp³-hybridized carbons (Fsp3) is 0.0687. The smallest absolute Gasteiger partial charge is 0.0563 e. The monoisotopic (exact) mass is 3000 g/mol. The summed E-state index contributed by atoms with van der Waals surface area (Å²) in [5, 5.41) is 0. The standard InChI is InChI=1S/2C15H10N4.6C15H9.C11H8N4.6Au/c2*1-3-7-14-12(5-1)16-9-18(14)11-19-10-17-13-6-2-4-8-15(13)19;4*1-2-11-7-8-15-13(9-11)10-12-5-3-4-6-14(12)15;2*1-2-11-7-8-13-10-12-5-3-4-6-14(12)15(13)9-11;1-2-4-11-10(3-1)13-8-15(11)9-14-6-5-12-7-14;;;;;;/h2*1-8H,11H2;6*3-9H,10H2;1-6H,9H2;;;;;;/q2*-2;6*-1;-2;;;;;;. The fourth-order valence-corrected chi connectivity index (χ4v) is 19.4. The third-order valence-electron chi connectivity index (χ3n) is 26.3. The third-order valence-corrected chi connectivity index (χ3v) is 26.3. The van der Waals surface area contributed by atoms with Crippen molar-refractivity contribution in [3.05, 3.63) is 565 Å². The fourth-order valence-electron chi connectivity index (χ4n) is 19.4. The summed E-state index contributed by atoms with van der Waals surface area (Å²) in [5.74, 6) is 14.6. The molecule has 18 heteroatoms. The number of hydrogen-bond acceptors (Lipinski definition) is 6. The van der Waals surface area contributed by atoms with Gasteiger partial charge in [-0.2, -0.15) is 0 Å². The van der Waals surface area contributed by atoms with E-state index in [-0.39, 0.29) is 134 Å². The Labute approximate surface area is 962 Å². The second kappa shape index (κ2) is 50.7. The minimum absolute atomic E-state index is 0. The average Bonchev–Trinajstić information content (AvgIpc) is 1.65. The minimum atomic E-state index is 0. The van der Waals surface area contributed by atoms with Crippen molar-refractivity contribution in [3.8, 4) is 102 Å². The molecule has 0 bridgehead atoms. The van der Waals surface area contributed by atoms with Gasteiger partial charge in [0.1, 0.15) is 0 Å². The van der Waals surface area contributed by atoms with Crippen LogP contribution < -0.4 is 0 Å². The molecular weight excluding hydrogens is 2920 g/mol. The van der Waals surface area contributed by atoms with Gasteiger partial charge in [0.05, 0.1) is 20.0 Å². The van der Waals surface area contributed by atoms with Crippen molar-refractivity contribution in [2.24, 2.45) is 0 Å². The average molecular weight is 3010 g/mol. The molecule has 0 spiro atoms. The molecule has 6 heterocycles. The number of fused-ring (bicyclic) bond motifs is 23. The van der Waals surface area contributed by atoms with Crippen LogP contribution in [-0.4, -0.2) is 57.3 Å². The molecule has 0 saturated heterocycles. The summed E-state index contributed by atoms with van der Waals surface area (Å²) >= 11 is 0. The SMILES string of the molecule is [Au].[Au].[Au].[Au].[Au].[Au].[C-]#Cc1ccc2c(c1)-c1ccccc1C2.[C-]#Cc1ccc2c(c1)-c1ccccc1C2.[C-]#Cc1ccc2c(c1)Cc1ccccc1-2.[C-]#Cc1ccc2c(c1)Cc1ccccc1-2.[C-]#Cc1ccc2c(c1)Cc1ccccc1-2.[C-]#Cc1ccc2c(c1)Cc1ccccc1-2.[c-]1nc2ccccc2n1Cn1[c-]nc2ccccc21.[c-]1nc2ccccc2n1Cn1[c-]nc2ccccc21.[c-]1nccn1Cn1[c-]nc2ccccc21. The molecule has 149 heavy (non-hydrogen) atoms. The van der Waals surface area contributed by atoms with Crippen LogP contribution in [0.1, 0.15) is 100 Å². The topological polar surface area (TPSA) is 107 Å². The molecule has 6 aromatic heterocycles. The number of nitrogens with zero attached hydrogens (tertiary/aromatic N) is 12. The van der Waals surface area contributed by atoms with Gasteiger partial charge in [-0.05, 0) is 150 Å². The van der Waals surface area contributed by atoms with Gasteiger partial charge < -0.3 is 95.8 Å². The van der Waals surface area contributed by atoms with Crippen LogP contribution in [-0.2, 0) is 193 Å². The zero-order valence-electron chi connectivity index (χ0n) is 79.5. The van der Waals surface area contributed by atoms with Gasteiger partial charge >= 0.3 is 0 Å². The molecule has 0 unspecified atom stereocenters. The first-order valence-corrected chi connectivity index (χ1v) is 46.9. The van der Waals surface area contributed by atoms with E-state index in [2.05, 4.69) is 310 Å². The molecule has 6 aliphatic rings. The van der Waals surface area contributed by atoms with Crippen molar-refractivity contribution in [1.29, 1.82) is 0 Å². The molecular formula is C131H82Au6N12-12. The van der Waals surface area contributed by atoms with Gasteiger partial charge in [0, 0.05) is 172 Å². The number of benzene rings is 17. The summed E-state index contributed by atoms with van der Waals surface area (Å²) in [7, 11) is 0. The largest absolute Gasteiger partial charge is 0.439 e. The molecule has 0 atom stereocenters. The van der Waals surface area contributed by atoms with Gasteiger partial charge in [0.15, 0.2) is 0 Å². The molecule has 12 nitrogen and oxygen atoms in total. The van der Waals surface area contributed by atoms with Crippen molar-refractivity contribution < 1.29 is 134 Å². The molecule has 17 aromatic carbocycles. The maximum Gasteiger partial charge on any atom is 0.0563 e. The summed E-state index contributed by atoms with van der Waals surface area (Å²) in [6.07, 6.45) is 70.2. The molecule has 6 radical (unpaired) electrons. The molecule has 6 aliphatic carbocycles. The minimum Gasteiger partial charge on any atom is -0.439 e. The van der Waals surface area contributed by atoms with E-state index < -0.39 is 0 Å². The maximum absolute atomic E-state index is 7.14. The van der Waals surface area contributed by atoms with Crippen LogP contribution in [0, 0.1) is 112 Å². The number of hydrogen-bond donors (Lipinski definition) is 0. The summed E-state index contributed by atoms with van der Waals surface area (Å²) in [5.41, 5.74) is 47.2. The summed E-state index contributed by atoms with van der Waals surface area (Å²) in [4.78, 5) is 25.1. The van der Waals surface area contributed by atoms with E-state index in [1.165, 1.54) is 134 Å². The quantitative estimate of drug-likeness (QED) is 0.0932. The number of aromatic nitrogens is 12. The van der Waals surface area contributed by atoms with Crippen LogP contribution in [0.2, 0.25) is 0 Å². The van der Waals surface area contributed by atoms with Crippen LogP contribution in [0.25, 0.3) is 122 Å². The summed E-state index contributed by atoms with van der Waals surface area (Å²) < 4.78 is 11.7. The molecule has 0 fully saturated rings. The number of imidazole rings is 6. The van der Waals surface area contributed by atoms with Crippen LogP contribution in [0.15, 0.2) is 389 Å². The predicted octanol–water partition coefficient (Wildman–Crippen LogP) is 25.5. The Morgan fingerprint density at radius 1 is 0.195 bits per heavy atom. The van der Waals surface area contributed by atoms with Gasteiger partial charge in [-0.15, -0.1) is 179 Å². The Kier molecular flexibility index (Phi) is 36.8. The van der Waals surface area contributed by atoms with Gasteiger partial charge in [-0.1, -0.05) is 320 Å². The van der Waals surface area contributed by atoms with E-state index in [9.17, 15) is 0 Å². The second-order valence-electron chi connectivity index (χ2n) is 35.0. The van der Waals surface area contributed by atoms with Gasteiger partial charge in [0.25, 0.3) is 0 Å². The van der Waals surface area contributed by atoms with E-state index in [0.717, 1.165) is 127 Å². The van der Waals surface area contributed by atoms with Crippen LogP contribution >= 0.6 is 0 Å². The first-order chi connectivity index (χ1) is 70.6. The van der Waals surface area contributed by atoms with E-state index >= 15 is 0 Å². The molecule has 0 aliphatic heterocycles. The summed E-state index contributed by atoms with van der Waals surface area (Å²) in [6.45, 7) is 1.86. The van der Waals surface area contributed by atoms with Crippen molar-refractivity contribution in [1.82, 2.24) is 57.3 Å². The number of para-hydroxylation sites is 10. The molecule has 23 aromatic rings. The van der Waals surface area contributed by atoms with E-state index in [1.807, 2.05) is 203 Å². The van der Waals surface area contributed by atoms with Crippen LogP contribution in [0.3, 0.4) is 0 Å². The van der Waals surface area contributed by atoms with Crippen molar-refractivity contribution in [3.63, 3.8) is 0 Å². The molecule has 29 rings (SSSR count). The Balaban J connectivity index is 0.000000125. The summed E-state index contributed by atoms with van der Waals surface area (Å²) in [6, 6.07) is 127. The van der Waals surface area contributed by atoms with Gasteiger partial charge in [-0.25, -0.2) is 0 Å². The Bertz CT molecular complexity index is 8220. The second-order valence-corrected chi connectivity index (χ2v) is 35.0. The Hall–Kier alpha value is -14.9. The third kappa shape index (κ3) is 24.1. The van der Waals surface area contributed by atoms with Crippen molar-refractivity contribution in [2.75, 3.05) is 0 Å². The van der Waals surface area contributed by atoms with E-state index in [4.69, 9.17) is 38.5 Å². The maximum atomic E-state index is 7.14. The Morgan fingerprint density at radius 3 is 0.631 bits per heavy atom. The van der Waals surface area contributed by atoms with Crippen LogP contribution in [0.4, 0.5) is 0 Å². The van der Waals surface area contributed by atoms with Crippen LogP contribution in [0.5, 0.6) is 0 Å². The first-order valence-electron chi connectivity index (χ1n) is 46.9. The zero-order chi connectivity index (χ0) is 96.9. The molecule has 0 saturated carbocycles. The number of rotatable bonds is 6. The first kappa shape index (κ1) is 108. The van der Waals surface area contributed by atoms with Gasteiger partial charge in [-0.3, -0.25) is 35.5 Å². The molecule has 0 N–H and O–H groups in total. The van der Waals surface area contributed by atoms with Crippen molar-refractivity contribution >= 4 is 55.2 Å².